The van der Waals surface area contributed by atoms with Crippen LogP contribution in [0.4, 0.5) is 5.69 Å². The van der Waals surface area contributed by atoms with Crippen molar-refractivity contribution in [2.45, 2.75) is 11.8 Å². The minimum Gasteiger partial charge on any atom is -0.322 e. The maximum atomic E-state index is 12.4. The maximum absolute atomic E-state index is 12.4. The van der Waals surface area contributed by atoms with Crippen molar-refractivity contribution in [2.24, 2.45) is 0 Å². The molecule has 0 atom stereocenters. The largest absolute Gasteiger partial charge is 0.322 e. The van der Waals surface area contributed by atoms with Crippen LogP contribution in [0.1, 0.15) is 15.9 Å². The molecular formula is C16H17ClN2O3S. The Bertz CT molecular complexity index is 831. The maximum Gasteiger partial charge on any atom is 0.257 e. The van der Waals surface area contributed by atoms with E-state index in [1.807, 2.05) is 19.1 Å². The molecule has 0 saturated heterocycles. The van der Waals surface area contributed by atoms with Crippen molar-refractivity contribution < 1.29 is 13.2 Å². The highest BCUT2D eigenvalue weighted by Crippen LogP contribution is 2.23. The lowest BCUT2D eigenvalue weighted by Gasteiger charge is -2.13. The lowest BCUT2D eigenvalue weighted by molar-refractivity contribution is 0.102. The summed E-state index contributed by atoms with van der Waals surface area (Å²) >= 11 is 6.04. The van der Waals surface area contributed by atoms with Gasteiger partial charge in [0.2, 0.25) is 10.0 Å². The third-order valence-corrected chi connectivity index (χ3v) is 5.41. The molecule has 0 saturated carbocycles. The number of carbonyl (C=O) groups excluding carboxylic acids is 1. The second kappa shape index (κ2) is 6.70. The molecule has 0 heterocycles. The number of nitrogens with zero attached hydrogens (tertiary/aromatic N) is 1. The third kappa shape index (κ3) is 3.90. The Morgan fingerprint density at radius 3 is 2.26 bits per heavy atom. The molecule has 1 N–H and O–H groups in total. The summed E-state index contributed by atoms with van der Waals surface area (Å²) in [5.41, 5.74) is 1.79. The third-order valence-electron chi connectivity index (χ3n) is 3.27. The number of aryl methyl sites for hydroxylation is 1. The van der Waals surface area contributed by atoms with Crippen LogP contribution >= 0.6 is 11.6 Å². The predicted molar refractivity (Wildman–Crippen MR) is 91.5 cm³/mol. The fourth-order valence-electron chi connectivity index (χ4n) is 1.88. The van der Waals surface area contributed by atoms with Gasteiger partial charge >= 0.3 is 0 Å². The summed E-state index contributed by atoms with van der Waals surface area (Å²) in [6.07, 6.45) is 0. The Hall–Kier alpha value is -1.89. The van der Waals surface area contributed by atoms with Gasteiger partial charge in [-0.05, 0) is 37.3 Å². The van der Waals surface area contributed by atoms with Crippen molar-refractivity contribution in [3.05, 3.63) is 58.6 Å². The second-order valence-electron chi connectivity index (χ2n) is 5.25. The zero-order chi connectivity index (χ0) is 17.2. The summed E-state index contributed by atoms with van der Waals surface area (Å²) in [5, 5.41) is 2.89. The normalized spacial score (nSPS) is 11.5. The highest BCUT2D eigenvalue weighted by Gasteiger charge is 2.20. The van der Waals surface area contributed by atoms with Crippen molar-refractivity contribution in [3.63, 3.8) is 0 Å². The van der Waals surface area contributed by atoms with Gasteiger partial charge < -0.3 is 5.32 Å². The van der Waals surface area contributed by atoms with E-state index in [1.165, 1.54) is 32.3 Å². The standard InChI is InChI=1S/C16H17ClN2O3S/c1-11-4-6-12(7-5-11)18-16(20)14-10-13(8-9-15(14)17)23(21,22)19(2)3/h4-10H,1-3H3,(H,18,20). The Kier molecular flexibility index (Phi) is 5.09. The van der Waals surface area contributed by atoms with Crippen LogP contribution in [0, 0.1) is 6.92 Å². The van der Waals surface area contributed by atoms with E-state index >= 15 is 0 Å². The topological polar surface area (TPSA) is 66.5 Å². The van der Waals surface area contributed by atoms with Gasteiger partial charge in [-0.1, -0.05) is 29.3 Å². The molecule has 0 aliphatic carbocycles. The Morgan fingerprint density at radius 2 is 1.70 bits per heavy atom. The van der Waals surface area contributed by atoms with E-state index in [9.17, 15) is 13.2 Å². The molecule has 0 bridgehead atoms. The smallest absolute Gasteiger partial charge is 0.257 e. The summed E-state index contributed by atoms with van der Waals surface area (Å²) in [4.78, 5) is 12.4. The molecule has 0 unspecified atom stereocenters. The zero-order valence-electron chi connectivity index (χ0n) is 13.0. The first kappa shape index (κ1) is 17.5. The number of hydrogen-bond donors (Lipinski definition) is 1. The van der Waals surface area contributed by atoms with Crippen molar-refractivity contribution in [1.82, 2.24) is 4.31 Å². The first-order chi connectivity index (χ1) is 10.7. The zero-order valence-corrected chi connectivity index (χ0v) is 14.6. The van der Waals surface area contributed by atoms with E-state index < -0.39 is 15.9 Å². The fraction of sp³-hybridized carbons (Fsp3) is 0.188. The first-order valence-corrected chi connectivity index (χ1v) is 8.63. The number of sulfonamides is 1. The Balaban J connectivity index is 2.35. The van der Waals surface area contributed by atoms with E-state index in [1.54, 1.807) is 12.1 Å². The molecule has 0 aliphatic rings. The number of rotatable bonds is 4. The van der Waals surface area contributed by atoms with Crippen LogP contribution in [-0.4, -0.2) is 32.7 Å². The highest BCUT2D eigenvalue weighted by molar-refractivity contribution is 7.89. The molecule has 0 aliphatic heterocycles. The number of nitrogens with one attached hydrogen (secondary N) is 1. The minimum atomic E-state index is -3.63. The Labute approximate surface area is 140 Å². The van der Waals surface area contributed by atoms with Crippen molar-refractivity contribution in [1.29, 1.82) is 0 Å². The van der Waals surface area contributed by atoms with E-state index in [2.05, 4.69) is 5.32 Å². The summed E-state index contributed by atoms with van der Waals surface area (Å²) in [5.74, 6) is -0.463. The van der Waals surface area contributed by atoms with Gasteiger partial charge in [-0.2, -0.15) is 0 Å². The van der Waals surface area contributed by atoms with Gasteiger partial charge in [0.1, 0.15) is 0 Å². The molecular weight excluding hydrogens is 336 g/mol. The Morgan fingerprint density at radius 1 is 1.09 bits per heavy atom. The number of amides is 1. The van der Waals surface area contributed by atoms with Crippen molar-refractivity contribution in [3.8, 4) is 0 Å². The molecule has 5 nitrogen and oxygen atoms in total. The summed E-state index contributed by atoms with van der Waals surface area (Å²) in [6.45, 7) is 1.94. The van der Waals surface area contributed by atoms with Crippen LogP contribution in [0.25, 0.3) is 0 Å². The number of benzene rings is 2. The summed E-state index contributed by atoms with van der Waals surface area (Å²) in [7, 11) is -0.780. The average molecular weight is 353 g/mol. The molecule has 7 heteroatoms. The molecule has 23 heavy (non-hydrogen) atoms. The highest BCUT2D eigenvalue weighted by atomic mass is 35.5. The quantitative estimate of drug-likeness (QED) is 0.919. The van der Waals surface area contributed by atoms with Gasteiger partial charge in [0.25, 0.3) is 5.91 Å². The van der Waals surface area contributed by atoms with Crippen molar-refractivity contribution in [2.75, 3.05) is 19.4 Å². The van der Waals surface area contributed by atoms with E-state index in [0.717, 1.165) is 9.87 Å². The molecule has 2 rings (SSSR count). The van der Waals surface area contributed by atoms with Crippen molar-refractivity contribution >= 4 is 33.2 Å². The average Bonchev–Trinajstić information content (AvgIpc) is 2.49. The van der Waals surface area contributed by atoms with Gasteiger partial charge in [-0.15, -0.1) is 0 Å². The van der Waals surface area contributed by atoms with Gasteiger partial charge in [0.15, 0.2) is 0 Å². The van der Waals surface area contributed by atoms with Gasteiger partial charge in [0.05, 0.1) is 15.5 Å². The lowest BCUT2D eigenvalue weighted by atomic mass is 10.2. The molecule has 0 aromatic heterocycles. The molecule has 0 spiro atoms. The SMILES string of the molecule is Cc1ccc(NC(=O)c2cc(S(=O)(=O)N(C)C)ccc2Cl)cc1. The molecule has 0 fully saturated rings. The van der Waals surface area contributed by atoms with Gasteiger partial charge in [0, 0.05) is 19.8 Å². The van der Waals surface area contributed by atoms with Crippen LogP contribution in [-0.2, 0) is 10.0 Å². The van der Waals surface area contributed by atoms with Gasteiger partial charge in [-0.3, -0.25) is 4.79 Å². The first-order valence-electron chi connectivity index (χ1n) is 6.82. The number of anilines is 1. The van der Waals surface area contributed by atoms with Crippen LogP contribution in [0.3, 0.4) is 0 Å². The molecule has 122 valence electrons. The molecule has 1 amide bonds. The number of carbonyl (C=O) groups is 1. The van der Waals surface area contributed by atoms with Crippen LogP contribution in [0.2, 0.25) is 5.02 Å². The second-order valence-corrected chi connectivity index (χ2v) is 7.81. The number of halogens is 1. The number of hydrogen-bond acceptors (Lipinski definition) is 3. The van der Waals surface area contributed by atoms with E-state index in [4.69, 9.17) is 11.6 Å². The van der Waals surface area contributed by atoms with Crippen LogP contribution in [0.5, 0.6) is 0 Å². The fourth-order valence-corrected chi connectivity index (χ4v) is 3.02. The van der Waals surface area contributed by atoms with Crippen LogP contribution < -0.4 is 5.32 Å². The minimum absolute atomic E-state index is 0.0148. The van der Waals surface area contributed by atoms with Gasteiger partial charge in [-0.25, -0.2) is 12.7 Å². The lowest BCUT2D eigenvalue weighted by Crippen LogP contribution is -2.23. The van der Waals surface area contributed by atoms with E-state index in [0.29, 0.717) is 5.69 Å². The molecule has 2 aromatic rings. The predicted octanol–water partition coefficient (Wildman–Crippen LogP) is 3.15. The summed E-state index contributed by atoms with van der Waals surface area (Å²) < 4.78 is 25.4. The molecule has 2 aromatic carbocycles. The molecule has 0 radical (unpaired) electrons. The van der Waals surface area contributed by atoms with Crippen LogP contribution in [0.15, 0.2) is 47.4 Å². The monoisotopic (exact) mass is 352 g/mol. The van der Waals surface area contributed by atoms with E-state index in [-0.39, 0.29) is 15.5 Å². The summed E-state index contributed by atoms with van der Waals surface area (Å²) in [6, 6.07) is 11.3.